The zero-order chi connectivity index (χ0) is 16.6. The lowest BCUT2D eigenvalue weighted by Gasteiger charge is -2.23. The summed E-state index contributed by atoms with van der Waals surface area (Å²) >= 11 is 0. The molecule has 2 N–H and O–H groups in total. The van der Waals surface area contributed by atoms with Crippen molar-refractivity contribution in [2.45, 2.75) is 54.0 Å². The molecule has 0 fully saturated rings. The van der Waals surface area contributed by atoms with Crippen molar-refractivity contribution >= 4 is 17.8 Å². The quantitative estimate of drug-likeness (QED) is 0.693. The fraction of sp³-hybridized carbons (Fsp3) is 0.800. The second-order valence-electron chi connectivity index (χ2n) is 6.12. The summed E-state index contributed by atoms with van der Waals surface area (Å²) in [6, 6.07) is -0.686. The summed E-state index contributed by atoms with van der Waals surface area (Å²) in [5, 5.41) is 5.18. The Labute approximate surface area is 127 Å². The maximum atomic E-state index is 11.9. The van der Waals surface area contributed by atoms with Gasteiger partial charge in [-0.3, -0.25) is 9.59 Å². The molecule has 0 aliphatic carbocycles. The van der Waals surface area contributed by atoms with Crippen molar-refractivity contribution in [3.63, 3.8) is 0 Å². The number of hydrogen-bond donors (Lipinski definition) is 2. The van der Waals surface area contributed by atoms with Crippen LogP contribution in [0.5, 0.6) is 0 Å². The van der Waals surface area contributed by atoms with Crippen LogP contribution >= 0.6 is 0 Å². The maximum Gasteiger partial charge on any atom is 0.328 e. The van der Waals surface area contributed by atoms with E-state index in [1.54, 1.807) is 27.7 Å². The first-order chi connectivity index (χ1) is 9.63. The maximum absolute atomic E-state index is 11.9. The zero-order valence-corrected chi connectivity index (χ0v) is 13.9. The molecule has 0 saturated heterocycles. The molecule has 0 aromatic carbocycles. The first kappa shape index (κ1) is 19.4. The molecule has 0 bridgehead atoms. The third-order valence-corrected chi connectivity index (χ3v) is 3.16. The van der Waals surface area contributed by atoms with Crippen LogP contribution in [0.1, 0.15) is 48.0 Å². The van der Waals surface area contributed by atoms with E-state index in [4.69, 9.17) is 4.74 Å². The number of rotatable bonds is 7. The largest absolute Gasteiger partial charge is 0.464 e. The van der Waals surface area contributed by atoms with Crippen molar-refractivity contribution in [1.29, 1.82) is 0 Å². The van der Waals surface area contributed by atoms with E-state index in [0.29, 0.717) is 0 Å². The molecular formula is C15H28N2O4. The van der Waals surface area contributed by atoms with Crippen LogP contribution in [-0.2, 0) is 19.1 Å². The fourth-order valence-electron chi connectivity index (χ4n) is 1.55. The SMILES string of the molecule is CCOC(=O)[C@@H](NC(=O)CNC(=O)C(C)(C)C)[C@H](C)CC. The summed E-state index contributed by atoms with van der Waals surface area (Å²) in [4.78, 5) is 35.4. The first-order valence-electron chi connectivity index (χ1n) is 7.37. The van der Waals surface area contributed by atoms with Gasteiger partial charge in [-0.15, -0.1) is 0 Å². The second kappa shape index (κ2) is 8.64. The summed E-state index contributed by atoms with van der Waals surface area (Å²) in [5.41, 5.74) is -0.558. The van der Waals surface area contributed by atoms with Crippen molar-refractivity contribution in [1.82, 2.24) is 10.6 Å². The molecule has 0 aliphatic rings. The van der Waals surface area contributed by atoms with Gasteiger partial charge in [-0.1, -0.05) is 41.0 Å². The van der Waals surface area contributed by atoms with Gasteiger partial charge < -0.3 is 15.4 Å². The zero-order valence-electron chi connectivity index (χ0n) is 13.9. The van der Waals surface area contributed by atoms with Gasteiger partial charge in [0.15, 0.2) is 0 Å². The lowest BCUT2D eigenvalue weighted by Crippen LogP contribution is -2.50. The number of nitrogens with one attached hydrogen (secondary N) is 2. The van der Waals surface area contributed by atoms with Gasteiger partial charge in [0.25, 0.3) is 0 Å². The summed E-state index contributed by atoms with van der Waals surface area (Å²) in [5.74, 6) is -1.09. The molecule has 0 saturated carbocycles. The van der Waals surface area contributed by atoms with Crippen LogP contribution in [-0.4, -0.2) is 37.0 Å². The molecule has 0 unspecified atom stereocenters. The van der Waals surface area contributed by atoms with Crippen molar-refractivity contribution < 1.29 is 19.1 Å². The van der Waals surface area contributed by atoms with Gasteiger partial charge in [0.2, 0.25) is 11.8 Å². The van der Waals surface area contributed by atoms with E-state index in [-0.39, 0.29) is 25.0 Å². The van der Waals surface area contributed by atoms with E-state index in [0.717, 1.165) is 6.42 Å². The van der Waals surface area contributed by atoms with E-state index in [1.165, 1.54) is 0 Å². The Bertz CT molecular complexity index is 374. The Morgan fingerprint density at radius 2 is 1.71 bits per heavy atom. The second-order valence-corrected chi connectivity index (χ2v) is 6.12. The van der Waals surface area contributed by atoms with Crippen molar-refractivity contribution in [2.75, 3.05) is 13.2 Å². The molecule has 0 radical (unpaired) electrons. The molecule has 0 heterocycles. The average Bonchev–Trinajstić information content (AvgIpc) is 2.40. The lowest BCUT2D eigenvalue weighted by molar-refractivity contribution is -0.148. The number of amides is 2. The molecule has 2 amide bonds. The minimum Gasteiger partial charge on any atom is -0.464 e. The molecule has 0 aliphatic heterocycles. The van der Waals surface area contributed by atoms with Crippen LogP contribution in [0.15, 0.2) is 0 Å². The summed E-state index contributed by atoms with van der Waals surface area (Å²) in [6.45, 7) is 10.9. The van der Waals surface area contributed by atoms with Gasteiger partial charge in [0.1, 0.15) is 6.04 Å². The number of carbonyl (C=O) groups is 3. The highest BCUT2D eigenvalue weighted by Crippen LogP contribution is 2.12. The topological polar surface area (TPSA) is 84.5 Å². The summed E-state index contributed by atoms with van der Waals surface area (Å²) < 4.78 is 4.97. The van der Waals surface area contributed by atoms with Gasteiger partial charge in [0, 0.05) is 5.41 Å². The van der Waals surface area contributed by atoms with Crippen LogP contribution in [0.25, 0.3) is 0 Å². The van der Waals surface area contributed by atoms with E-state index < -0.39 is 23.3 Å². The Morgan fingerprint density at radius 1 is 1.14 bits per heavy atom. The molecule has 0 aromatic rings. The molecule has 2 atom stereocenters. The highest BCUT2D eigenvalue weighted by atomic mass is 16.5. The predicted molar refractivity (Wildman–Crippen MR) is 80.5 cm³/mol. The summed E-state index contributed by atoms with van der Waals surface area (Å²) in [6.07, 6.45) is 0.734. The van der Waals surface area contributed by atoms with E-state index >= 15 is 0 Å². The minimum absolute atomic E-state index is 0.0358. The van der Waals surface area contributed by atoms with Crippen LogP contribution in [0.3, 0.4) is 0 Å². The van der Waals surface area contributed by atoms with Crippen LogP contribution in [0, 0.1) is 11.3 Å². The predicted octanol–water partition coefficient (Wildman–Crippen LogP) is 1.24. The lowest BCUT2D eigenvalue weighted by atomic mass is 9.96. The molecule has 6 nitrogen and oxygen atoms in total. The standard InChI is InChI=1S/C15H28N2O4/c1-7-10(3)12(13(19)21-8-2)17-11(18)9-16-14(20)15(4,5)6/h10,12H,7-9H2,1-6H3,(H,16,20)(H,17,18)/t10-,12+/m1/s1. The monoisotopic (exact) mass is 300 g/mol. The third-order valence-electron chi connectivity index (χ3n) is 3.16. The van der Waals surface area contributed by atoms with E-state index in [2.05, 4.69) is 10.6 Å². The van der Waals surface area contributed by atoms with Gasteiger partial charge in [0.05, 0.1) is 13.2 Å². The summed E-state index contributed by atoms with van der Waals surface area (Å²) in [7, 11) is 0. The van der Waals surface area contributed by atoms with Crippen LogP contribution in [0.4, 0.5) is 0 Å². The molecule has 0 aromatic heterocycles. The molecule has 122 valence electrons. The number of ether oxygens (including phenoxy) is 1. The normalized spacial score (nSPS) is 14.0. The number of carbonyl (C=O) groups excluding carboxylic acids is 3. The van der Waals surface area contributed by atoms with E-state index in [1.807, 2.05) is 13.8 Å². The molecule has 21 heavy (non-hydrogen) atoms. The Morgan fingerprint density at radius 3 is 2.14 bits per heavy atom. The number of hydrogen-bond acceptors (Lipinski definition) is 4. The Hall–Kier alpha value is -1.59. The highest BCUT2D eigenvalue weighted by Gasteiger charge is 2.28. The highest BCUT2D eigenvalue weighted by molar-refractivity contribution is 5.89. The van der Waals surface area contributed by atoms with Crippen molar-refractivity contribution in [3.05, 3.63) is 0 Å². The van der Waals surface area contributed by atoms with Crippen LogP contribution < -0.4 is 10.6 Å². The van der Waals surface area contributed by atoms with Gasteiger partial charge in [-0.25, -0.2) is 4.79 Å². The number of esters is 1. The average molecular weight is 300 g/mol. The minimum atomic E-state index is -0.686. The van der Waals surface area contributed by atoms with Crippen molar-refractivity contribution in [3.8, 4) is 0 Å². The van der Waals surface area contributed by atoms with Gasteiger partial charge >= 0.3 is 5.97 Å². The Kier molecular flexibility index (Phi) is 7.99. The van der Waals surface area contributed by atoms with Crippen LogP contribution in [0.2, 0.25) is 0 Å². The van der Waals surface area contributed by atoms with Gasteiger partial charge in [-0.05, 0) is 12.8 Å². The Balaban J connectivity index is 4.54. The van der Waals surface area contributed by atoms with Gasteiger partial charge in [-0.2, -0.15) is 0 Å². The fourth-order valence-corrected chi connectivity index (χ4v) is 1.55. The first-order valence-corrected chi connectivity index (χ1v) is 7.37. The molecular weight excluding hydrogens is 272 g/mol. The third kappa shape index (κ3) is 7.11. The smallest absolute Gasteiger partial charge is 0.328 e. The molecule has 0 rings (SSSR count). The van der Waals surface area contributed by atoms with E-state index in [9.17, 15) is 14.4 Å². The molecule has 6 heteroatoms. The molecule has 0 spiro atoms. The van der Waals surface area contributed by atoms with Crippen molar-refractivity contribution in [2.24, 2.45) is 11.3 Å².